The molecule has 0 spiro atoms. The van der Waals surface area contributed by atoms with E-state index in [2.05, 4.69) is 4.98 Å². The zero-order valence-electron chi connectivity index (χ0n) is 6.06. The molecule has 1 aromatic rings. The molecule has 5 nitrogen and oxygen atoms in total. The highest BCUT2D eigenvalue weighted by molar-refractivity contribution is 7.09. The maximum Gasteiger partial charge on any atom is 0.237 e. The van der Waals surface area contributed by atoms with Crippen molar-refractivity contribution in [3.8, 4) is 0 Å². The Balaban J connectivity index is 2.96. The Bertz CT molecular complexity index is 282. The first-order valence-electron chi connectivity index (χ1n) is 3.11. The monoisotopic (exact) mass is 185 g/mol. The van der Waals surface area contributed by atoms with E-state index in [9.17, 15) is 9.59 Å². The maximum atomic E-state index is 10.7. The summed E-state index contributed by atoms with van der Waals surface area (Å²) in [5, 5.41) is 1.99. The molecule has 0 radical (unpaired) electrons. The van der Waals surface area contributed by atoms with Crippen molar-refractivity contribution in [1.29, 1.82) is 0 Å². The summed E-state index contributed by atoms with van der Waals surface area (Å²) in [6.45, 7) is 0. The first-order valence-corrected chi connectivity index (χ1v) is 3.99. The number of amides is 2. The highest BCUT2D eigenvalue weighted by Crippen LogP contribution is 2.16. The summed E-state index contributed by atoms with van der Waals surface area (Å²) in [5.41, 5.74) is 9.91. The Morgan fingerprint density at radius 1 is 1.42 bits per heavy atom. The molecule has 0 saturated carbocycles. The average Bonchev–Trinajstić information content (AvgIpc) is 2.37. The van der Waals surface area contributed by atoms with E-state index in [1.807, 2.05) is 0 Å². The van der Waals surface area contributed by atoms with Gasteiger partial charge in [0.1, 0.15) is 5.01 Å². The number of nitrogens with two attached hydrogens (primary N) is 2. The molecule has 4 N–H and O–H groups in total. The van der Waals surface area contributed by atoms with Gasteiger partial charge in [0.2, 0.25) is 11.8 Å². The fourth-order valence-corrected chi connectivity index (χ4v) is 1.51. The van der Waals surface area contributed by atoms with Gasteiger partial charge in [-0.1, -0.05) is 0 Å². The van der Waals surface area contributed by atoms with Crippen LogP contribution in [0, 0.1) is 0 Å². The van der Waals surface area contributed by atoms with E-state index in [4.69, 9.17) is 11.5 Å². The molecule has 0 fully saturated rings. The topological polar surface area (TPSA) is 99.1 Å². The van der Waals surface area contributed by atoms with Crippen LogP contribution in [0.15, 0.2) is 11.6 Å². The normalized spacial score (nSPS) is 10.1. The number of nitrogens with zero attached hydrogens (tertiary/aromatic N) is 1. The van der Waals surface area contributed by atoms with Crippen molar-refractivity contribution in [3.05, 3.63) is 16.6 Å². The molecule has 12 heavy (non-hydrogen) atoms. The second-order valence-electron chi connectivity index (χ2n) is 2.11. The van der Waals surface area contributed by atoms with Gasteiger partial charge in [0.05, 0.1) is 0 Å². The van der Waals surface area contributed by atoms with Gasteiger partial charge in [0.25, 0.3) is 0 Å². The van der Waals surface area contributed by atoms with Crippen molar-refractivity contribution in [2.45, 2.75) is 5.92 Å². The van der Waals surface area contributed by atoms with E-state index in [0.717, 1.165) is 0 Å². The second kappa shape index (κ2) is 3.31. The van der Waals surface area contributed by atoms with Crippen LogP contribution in [0.25, 0.3) is 0 Å². The summed E-state index contributed by atoms with van der Waals surface area (Å²) < 4.78 is 0. The van der Waals surface area contributed by atoms with E-state index < -0.39 is 17.7 Å². The van der Waals surface area contributed by atoms with Crippen LogP contribution in [-0.4, -0.2) is 16.8 Å². The SMILES string of the molecule is NC(=O)C(C(N)=O)c1nccs1. The third-order valence-corrected chi connectivity index (χ3v) is 2.11. The van der Waals surface area contributed by atoms with Crippen LogP contribution in [0.3, 0.4) is 0 Å². The van der Waals surface area contributed by atoms with Gasteiger partial charge in [-0.3, -0.25) is 9.59 Å². The number of primary amides is 2. The predicted molar refractivity (Wildman–Crippen MR) is 43.2 cm³/mol. The zero-order valence-corrected chi connectivity index (χ0v) is 6.88. The average molecular weight is 185 g/mol. The summed E-state index contributed by atoms with van der Waals surface area (Å²) in [6.07, 6.45) is 1.48. The lowest BCUT2D eigenvalue weighted by Crippen LogP contribution is -2.32. The van der Waals surface area contributed by atoms with Crippen LogP contribution in [0.1, 0.15) is 10.9 Å². The standard InChI is InChI=1S/C6H7N3O2S/c7-4(10)3(5(8)11)6-9-1-2-12-6/h1-3H,(H2,7,10)(H2,8,11). The Kier molecular flexibility index (Phi) is 2.39. The minimum absolute atomic E-state index is 0.343. The lowest BCUT2D eigenvalue weighted by Gasteiger charge is -2.03. The van der Waals surface area contributed by atoms with Crippen molar-refractivity contribution in [3.63, 3.8) is 0 Å². The predicted octanol–water partition coefficient (Wildman–Crippen LogP) is -0.803. The van der Waals surface area contributed by atoms with E-state index in [1.54, 1.807) is 5.38 Å². The molecule has 0 bridgehead atoms. The molecule has 64 valence electrons. The molecule has 1 heterocycles. The highest BCUT2D eigenvalue weighted by Gasteiger charge is 2.25. The van der Waals surface area contributed by atoms with E-state index in [1.165, 1.54) is 17.5 Å². The molecular formula is C6H7N3O2S. The third-order valence-electron chi connectivity index (χ3n) is 1.27. The number of aromatic nitrogens is 1. The Morgan fingerprint density at radius 2 is 2.00 bits per heavy atom. The third kappa shape index (κ3) is 1.59. The molecule has 1 rings (SSSR count). The lowest BCUT2D eigenvalue weighted by molar-refractivity contribution is -0.128. The number of carbonyl (C=O) groups is 2. The minimum atomic E-state index is -1.09. The smallest absolute Gasteiger partial charge is 0.237 e. The van der Waals surface area contributed by atoms with Crippen molar-refractivity contribution in [2.24, 2.45) is 11.5 Å². The van der Waals surface area contributed by atoms with Gasteiger partial charge in [0.15, 0.2) is 5.92 Å². The van der Waals surface area contributed by atoms with Crippen molar-refractivity contribution in [2.75, 3.05) is 0 Å². The largest absolute Gasteiger partial charge is 0.369 e. The van der Waals surface area contributed by atoms with Gasteiger partial charge in [-0.05, 0) is 0 Å². The van der Waals surface area contributed by atoms with Crippen molar-refractivity contribution < 1.29 is 9.59 Å². The molecule has 6 heteroatoms. The quantitative estimate of drug-likeness (QED) is 0.603. The Hall–Kier alpha value is -1.43. The first-order chi connectivity index (χ1) is 5.63. The molecule has 0 aliphatic carbocycles. The van der Waals surface area contributed by atoms with Gasteiger partial charge in [-0.15, -0.1) is 11.3 Å². The van der Waals surface area contributed by atoms with Gasteiger partial charge >= 0.3 is 0 Å². The fourth-order valence-electron chi connectivity index (χ4n) is 0.761. The molecule has 0 aliphatic rings. The summed E-state index contributed by atoms with van der Waals surface area (Å²) in [7, 11) is 0. The Morgan fingerprint density at radius 3 is 2.33 bits per heavy atom. The van der Waals surface area contributed by atoms with Gasteiger partial charge < -0.3 is 11.5 Å². The molecule has 0 saturated heterocycles. The highest BCUT2D eigenvalue weighted by atomic mass is 32.1. The van der Waals surface area contributed by atoms with Crippen LogP contribution < -0.4 is 11.5 Å². The summed E-state index contributed by atoms with van der Waals surface area (Å²) >= 11 is 1.17. The van der Waals surface area contributed by atoms with E-state index in [-0.39, 0.29) is 0 Å². The molecule has 2 amide bonds. The van der Waals surface area contributed by atoms with Crippen LogP contribution in [0.4, 0.5) is 0 Å². The van der Waals surface area contributed by atoms with E-state index in [0.29, 0.717) is 5.01 Å². The fraction of sp³-hybridized carbons (Fsp3) is 0.167. The summed E-state index contributed by atoms with van der Waals surface area (Å²) in [5.74, 6) is -2.63. The van der Waals surface area contributed by atoms with Gasteiger partial charge in [0, 0.05) is 11.6 Å². The Labute approximate surface area is 72.4 Å². The number of hydrogen-bond donors (Lipinski definition) is 2. The summed E-state index contributed by atoms with van der Waals surface area (Å²) in [4.78, 5) is 25.2. The molecule has 0 unspecified atom stereocenters. The van der Waals surface area contributed by atoms with Crippen molar-refractivity contribution >= 4 is 23.2 Å². The molecular weight excluding hydrogens is 178 g/mol. The van der Waals surface area contributed by atoms with Crippen LogP contribution in [-0.2, 0) is 9.59 Å². The number of rotatable bonds is 3. The minimum Gasteiger partial charge on any atom is -0.369 e. The van der Waals surface area contributed by atoms with Gasteiger partial charge in [-0.2, -0.15) is 0 Å². The van der Waals surface area contributed by atoms with Crippen LogP contribution in [0.2, 0.25) is 0 Å². The zero-order chi connectivity index (χ0) is 9.14. The molecule has 0 aliphatic heterocycles. The first kappa shape index (κ1) is 8.66. The lowest BCUT2D eigenvalue weighted by atomic mass is 10.1. The number of hydrogen-bond acceptors (Lipinski definition) is 4. The van der Waals surface area contributed by atoms with E-state index >= 15 is 0 Å². The number of carbonyl (C=O) groups excluding carboxylic acids is 2. The van der Waals surface area contributed by atoms with Crippen molar-refractivity contribution in [1.82, 2.24) is 4.98 Å². The molecule has 1 aromatic heterocycles. The number of thiazole rings is 1. The van der Waals surface area contributed by atoms with Gasteiger partial charge in [-0.25, -0.2) is 4.98 Å². The second-order valence-corrected chi connectivity index (χ2v) is 3.03. The summed E-state index contributed by atoms with van der Waals surface area (Å²) in [6, 6.07) is 0. The molecule has 0 aromatic carbocycles. The van der Waals surface area contributed by atoms with Crippen LogP contribution >= 0.6 is 11.3 Å². The maximum absolute atomic E-state index is 10.7. The molecule has 0 atom stereocenters. The van der Waals surface area contributed by atoms with Crippen LogP contribution in [0.5, 0.6) is 0 Å².